The summed E-state index contributed by atoms with van der Waals surface area (Å²) in [5, 5.41) is 0. The molecule has 0 fully saturated rings. The summed E-state index contributed by atoms with van der Waals surface area (Å²) in [6.45, 7) is 8.04. The molecule has 0 spiro atoms. The van der Waals surface area contributed by atoms with Gasteiger partial charge in [0.25, 0.3) is 0 Å². The van der Waals surface area contributed by atoms with Crippen molar-refractivity contribution in [3.05, 3.63) is 66.1 Å². The van der Waals surface area contributed by atoms with Crippen molar-refractivity contribution < 1.29 is 4.74 Å². The first-order valence-corrected chi connectivity index (χ1v) is 5.33. The van der Waals surface area contributed by atoms with E-state index >= 15 is 0 Å². The fraction of sp³-hybridized carbons (Fsp3) is 0.133. The highest BCUT2D eigenvalue weighted by Gasteiger charge is 2.03. The van der Waals surface area contributed by atoms with E-state index in [2.05, 4.69) is 26.0 Å². The van der Waals surface area contributed by atoms with Crippen molar-refractivity contribution in [1.82, 2.24) is 0 Å². The molecule has 0 aromatic heterocycles. The molecule has 0 aliphatic heterocycles. The van der Waals surface area contributed by atoms with Crippen molar-refractivity contribution in [2.45, 2.75) is 13.8 Å². The summed E-state index contributed by atoms with van der Waals surface area (Å²) in [5.74, 6) is 1.72. The molecular weight excluding hydrogens is 196 g/mol. The molecule has 0 bridgehead atoms. The smallest absolute Gasteiger partial charge is 0.130 e. The van der Waals surface area contributed by atoms with Gasteiger partial charge in [-0.2, -0.15) is 0 Å². The van der Waals surface area contributed by atoms with Crippen molar-refractivity contribution in [3.63, 3.8) is 0 Å². The monoisotopic (exact) mass is 211 g/mol. The van der Waals surface area contributed by atoms with Gasteiger partial charge in [-0.15, -0.1) is 0 Å². The minimum absolute atomic E-state index is 0.816. The maximum Gasteiger partial charge on any atom is 0.130 e. The second-order valence-electron chi connectivity index (χ2n) is 3.98. The number of rotatable bonds is 2. The number of hydrogen-bond acceptors (Lipinski definition) is 1. The Morgan fingerprint density at radius 3 is 2.44 bits per heavy atom. The molecule has 0 saturated carbocycles. The third-order valence-electron chi connectivity index (χ3n) is 2.54. The van der Waals surface area contributed by atoms with Crippen LogP contribution in [0.3, 0.4) is 0 Å². The first-order chi connectivity index (χ1) is 7.66. The van der Waals surface area contributed by atoms with E-state index in [0.29, 0.717) is 0 Å². The first kappa shape index (κ1) is 10.7. The van der Waals surface area contributed by atoms with Gasteiger partial charge >= 0.3 is 0 Å². The summed E-state index contributed by atoms with van der Waals surface area (Å²) in [5.41, 5.74) is 3.24. The Bertz CT molecular complexity index is 501. The van der Waals surface area contributed by atoms with Gasteiger partial charge in [-0.05, 0) is 49.6 Å². The van der Waals surface area contributed by atoms with E-state index in [-0.39, 0.29) is 0 Å². The van der Waals surface area contributed by atoms with E-state index in [0.717, 1.165) is 22.6 Å². The number of ether oxygens (including phenoxy) is 1. The number of para-hydroxylation sites is 1. The van der Waals surface area contributed by atoms with Crippen molar-refractivity contribution in [3.8, 4) is 11.5 Å². The predicted octanol–water partition coefficient (Wildman–Crippen LogP) is 4.28. The van der Waals surface area contributed by atoms with Crippen LogP contribution in [-0.4, -0.2) is 0 Å². The van der Waals surface area contributed by atoms with Crippen LogP contribution in [0.5, 0.6) is 11.5 Å². The minimum Gasteiger partial charge on any atom is -0.457 e. The van der Waals surface area contributed by atoms with E-state index in [1.807, 2.05) is 37.3 Å². The highest BCUT2D eigenvalue weighted by atomic mass is 16.5. The Balaban J connectivity index is 2.34. The van der Waals surface area contributed by atoms with E-state index in [9.17, 15) is 0 Å². The highest BCUT2D eigenvalue weighted by molar-refractivity contribution is 5.43. The standard InChI is InChI=1S/C15H15O/c1-11-8-9-13(3)15(10-11)16-14-7-5-4-6-12(14)2/h4-10H,2H2,1,3H3. The summed E-state index contributed by atoms with van der Waals surface area (Å²) < 4.78 is 5.86. The molecule has 1 nitrogen and oxygen atoms in total. The van der Waals surface area contributed by atoms with Gasteiger partial charge in [0.1, 0.15) is 11.5 Å². The third kappa shape index (κ3) is 2.25. The number of benzene rings is 2. The average Bonchev–Trinajstić information content (AvgIpc) is 2.27. The van der Waals surface area contributed by atoms with Crippen LogP contribution in [0.2, 0.25) is 0 Å². The normalized spacial score (nSPS) is 10.2. The lowest BCUT2D eigenvalue weighted by Gasteiger charge is -2.11. The maximum atomic E-state index is 5.86. The number of aryl methyl sites for hydroxylation is 2. The van der Waals surface area contributed by atoms with Gasteiger partial charge in [0, 0.05) is 0 Å². The van der Waals surface area contributed by atoms with Crippen LogP contribution < -0.4 is 4.74 Å². The van der Waals surface area contributed by atoms with Crippen molar-refractivity contribution in [2.75, 3.05) is 0 Å². The largest absolute Gasteiger partial charge is 0.457 e. The molecule has 1 heteroatoms. The predicted molar refractivity (Wildman–Crippen MR) is 66.9 cm³/mol. The fourth-order valence-electron chi connectivity index (χ4n) is 1.54. The lowest BCUT2D eigenvalue weighted by atomic mass is 10.1. The summed E-state index contributed by atoms with van der Waals surface area (Å²) in [6, 6.07) is 14.0. The Hall–Kier alpha value is -1.76. The second kappa shape index (κ2) is 4.40. The third-order valence-corrected chi connectivity index (χ3v) is 2.54. The number of hydrogen-bond donors (Lipinski definition) is 0. The molecule has 0 atom stereocenters. The summed E-state index contributed by atoms with van der Waals surface area (Å²) >= 11 is 0. The quantitative estimate of drug-likeness (QED) is 0.720. The molecule has 1 radical (unpaired) electrons. The Morgan fingerprint density at radius 2 is 1.69 bits per heavy atom. The van der Waals surface area contributed by atoms with Crippen LogP contribution in [0.25, 0.3) is 0 Å². The topological polar surface area (TPSA) is 9.23 Å². The van der Waals surface area contributed by atoms with E-state index < -0.39 is 0 Å². The van der Waals surface area contributed by atoms with E-state index in [1.165, 1.54) is 5.56 Å². The Labute approximate surface area is 96.7 Å². The summed E-state index contributed by atoms with van der Waals surface area (Å²) in [7, 11) is 0. The maximum absolute atomic E-state index is 5.86. The van der Waals surface area contributed by atoms with Gasteiger partial charge in [0.2, 0.25) is 0 Å². The molecule has 2 rings (SSSR count). The molecule has 0 saturated heterocycles. The molecule has 16 heavy (non-hydrogen) atoms. The molecule has 0 amide bonds. The SMILES string of the molecule is [CH2]c1ccccc1Oc1cc(C)ccc1C. The van der Waals surface area contributed by atoms with Gasteiger partial charge in [0.05, 0.1) is 0 Å². The first-order valence-electron chi connectivity index (χ1n) is 5.33. The minimum atomic E-state index is 0.816. The zero-order valence-electron chi connectivity index (χ0n) is 9.66. The molecule has 2 aromatic rings. The van der Waals surface area contributed by atoms with Crippen molar-refractivity contribution >= 4 is 0 Å². The van der Waals surface area contributed by atoms with Crippen LogP contribution >= 0.6 is 0 Å². The lowest BCUT2D eigenvalue weighted by molar-refractivity contribution is 0.476. The van der Waals surface area contributed by atoms with Gasteiger partial charge in [0.15, 0.2) is 0 Å². The van der Waals surface area contributed by atoms with E-state index in [1.54, 1.807) is 0 Å². The van der Waals surface area contributed by atoms with Gasteiger partial charge in [-0.3, -0.25) is 0 Å². The Morgan fingerprint density at radius 1 is 0.938 bits per heavy atom. The fourth-order valence-corrected chi connectivity index (χ4v) is 1.54. The van der Waals surface area contributed by atoms with Crippen LogP contribution in [0.4, 0.5) is 0 Å². The summed E-state index contributed by atoms with van der Waals surface area (Å²) in [6.07, 6.45) is 0. The molecule has 2 aromatic carbocycles. The van der Waals surface area contributed by atoms with Crippen molar-refractivity contribution in [1.29, 1.82) is 0 Å². The molecule has 0 unspecified atom stereocenters. The highest BCUT2D eigenvalue weighted by Crippen LogP contribution is 2.27. The molecular formula is C15H15O. The molecule has 0 aliphatic rings. The lowest BCUT2D eigenvalue weighted by Crippen LogP contribution is -1.90. The molecule has 81 valence electrons. The molecule has 0 heterocycles. The zero-order valence-corrected chi connectivity index (χ0v) is 9.66. The van der Waals surface area contributed by atoms with Crippen molar-refractivity contribution in [2.24, 2.45) is 0 Å². The van der Waals surface area contributed by atoms with Crippen LogP contribution in [0.1, 0.15) is 16.7 Å². The average molecular weight is 211 g/mol. The molecule has 0 aliphatic carbocycles. The van der Waals surface area contributed by atoms with Crippen LogP contribution in [0, 0.1) is 20.8 Å². The Kier molecular flexibility index (Phi) is 2.95. The summed E-state index contributed by atoms with van der Waals surface area (Å²) in [4.78, 5) is 0. The van der Waals surface area contributed by atoms with Gasteiger partial charge in [-0.1, -0.05) is 30.3 Å². The van der Waals surface area contributed by atoms with Gasteiger partial charge in [-0.25, -0.2) is 0 Å². The van der Waals surface area contributed by atoms with Crippen LogP contribution in [0.15, 0.2) is 42.5 Å². The second-order valence-corrected chi connectivity index (χ2v) is 3.98. The van der Waals surface area contributed by atoms with Crippen LogP contribution in [-0.2, 0) is 0 Å². The zero-order chi connectivity index (χ0) is 11.5. The van der Waals surface area contributed by atoms with E-state index in [4.69, 9.17) is 4.74 Å². The van der Waals surface area contributed by atoms with Gasteiger partial charge < -0.3 is 4.74 Å². The molecule has 0 N–H and O–H groups in total.